The molecule has 0 radical (unpaired) electrons. The summed E-state index contributed by atoms with van der Waals surface area (Å²) in [5.74, 6) is 1.70. The van der Waals surface area contributed by atoms with Gasteiger partial charge in [-0.3, -0.25) is 0 Å². The van der Waals surface area contributed by atoms with Crippen LogP contribution in [0.15, 0.2) is 48.5 Å². The molecule has 5 heteroatoms. The van der Waals surface area contributed by atoms with Gasteiger partial charge in [0.1, 0.15) is 9.45 Å². The van der Waals surface area contributed by atoms with Crippen LogP contribution in [0.3, 0.4) is 0 Å². The Bertz CT molecular complexity index is 872. The molecular weight excluding hydrogens is 430 g/mol. The standard InChI is InChI=1S/C19H20IN2OP/c1-19(24,14-5-3-2-4-6-14)22-17-10-9-15(23-12-13-7-8-13)11-16(17)18(20)21-22/h2-6,9-11,13H,7-8,12,24H2,1H3. The molecule has 0 aliphatic heterocycles. The lowest BCUT2D eigenvalue weighted by atomic mass is 10.1. The first kappa shape index (κ1) is 16.3. The summed E-state index contributed by atoms with van der Waals surface area (Å²) in [6.07, 6.45) is 2.61. The lowest BCUT2D eigenvalue weighted by Gasteiger charge is -2.26. The number of nitrogens with zero attached hydrogens (tertiary/aromatic N) is 2. The van der Waals surface area contributed by atoms with Gasteiger partial charge in [0.05, 0.1) is 17.4 Å². The SMILES string of the molecule is CC(P)(c1ccccc1)n1nc(I)c2cc(OCC3CC3)ccc21. The average Bonchev–Trinajstić information content (AvgIpc) is 3.37. The van der Waals surface area contributed by atoms with Crippen molar-refractivity contribution in [3.05, 3.63) is 57.8 Å². The number of fused-ring (bicyclic) bond motifs is 1. The molecule has 1 aliphatic rings. The van der Waals surface area contributed by atoms with Crippen LogP contribution >= 0.6 is 31.8 Å². The molecule has 2 unspecified atom stereocenters. The summed E-state index contributed by atoms with van der Waals surface area (Å²) in [6.45, 7) is 3.01. The van der Waals surface area contributed by atoms with E-state index < -0.39 is 0 Å². The van der Waals surface area contributed by atoms with Gasteiger partial charge in [-0.25, -0.2) is 4.68 Å². The highest BCUT2D eigenvalue weighted by atomic mass is 127. The lowest BCUT2D eigenvalue weighted by molar-refractivity contribution is 0.300. The molecular formula is C19H20IN2OP. The molecule has 1 heterocycles. The summed E-state index contributed by atoms with van der Waals surface area (Å²) in [5, 5.41) is 5.67. The van der Waals surface area contributed by atoms with Crippen molar-refractivity contribution in [2.24, 2.45) is 5.92 Å². The van der Waals surface area contributed by atoms with Crippen molar-refractivity contribution >= 4 is 42.7 Å². The fraction of sp³-hybridized carbons (Fsp3) is 0.316. The molecule has 3 aromatic rings. The van der Waals surface area contributed by atoms with Gasteiger partial charge in [-0.2, -0.15) is 5.10 Å². The molecule has 0 amide bonds. The Morgan fingerprint density at radius 2 is 2.00 bits per heavy atom. The summed E-state index contributed by atoms with van der Waals surface area (Å²) >= 11 is 2.31. The zero-order valence-corrected chi connectivity index (χ0v) is 16.9. The molecule has 2 aromatic carbocycles. The van der Waals surface area contributed by atoms with Crippen molar-refractivity contribution in [2.75, 3.05) is 6.61 Å². The van der Waals surface area contributed by atoms with E-state index in [1.165, 1.54) is 18.4 Å². The van der Waals surface area contributed by atoms with Crippen molar-refractivity contribution in [2.45, 2.75) is 25.0 Å². The van der Waals surface area contributed by atoms with Crippen LogP contribution in [0, 0.1) is 9.62 Å². The van der Waals surface area contributed by atoms with Crippen molar-refractivity contribution < 1.29 is 4.74 Å². The predicted molar refractivity (Wildman–Crippen MR) is 110 cm³/mol. The van der Waals surface area contributed by atoms with Gasteiger partial charge in [0, 0.05) is 5.39 Å². The van der Waals surface area contributed by atoms with E-state index in [0.29, 0.717) is 0 Å². The van der Waals surface area contributed by atoms with Gasteiger partial charge < -0.3 is 4.74 Å². The van der Waals surface area contributed by atoms with Gasteiger partial charge in [0.25, 0.3) is 0 Å². The number of rotatable bonds is 5. The van der Waals surface area contributed by atoms with E-state index in [1.807, 2.05) is 6.07 Å². The third kappa shape index (κ3) is 3.06. The van der Waals surface area contributed by atoms with E-state index in [4.69, 9.17) is 9.84 Å². The maximum Gasteiger partial charge on any atom is 0.131 e. The molecule has 0 spiro atoms. The normalized spacial score (nSPS) is 17.0. The Morgan fingerprint density at radius 3 is 2.71 bits per heavy atom. The Balaban J connectivity index is 1.73. The minimum Gasteiger partial charge on any atom is -0.493 e. The summed E-state index contributed by atoms with van der Waals surface area (Å²) in [6, 6.07) is 16.8. The molecule has 1 aliphatic carbocycles. The molecule has 1 saturated carbocycles. The van der Waals surface area contributed by atoms with E-state index in [9.17, 15) is 0 Å². The molecule has 2 atom stereocenters. The van der Waals surface area contributed by atoms with Crippen LogP contribution in [0.4, 0.5) is 0 Å². The van der Waals surface area contributed by atoms with E-state index in [0.717, 1.165) is 32.9 Å². The Kier molecular flexibility index (Phi) is 4.29. The maximum atomic E-state index is 5.93. The van der Waals surface area contributed by atoms with E-state index in [2.05, 4.69) is 85.9 Å². The molecule has 0 N–H and O–H groups in total. The zero-order valence-electron chi connectivity index (χ0n) is 13.6. The topological polar surface area (TPSA) is 27.1 Å². The number of aromatic nitrogens is 2. The molecule has 0 saturated heterocycles. The third-order valence-corrected chi connectivity index (χ3v) is 5.96. The maximum absolute atomic E-state index is 5.93. The second-order valence-electron chi connectivity index (χ2n) is 6.65. The monoisotopic (exact) mass is 450 g/mol. The van der Waals surface area contributed by atoms with Crippen molar-refractivity contribution in [1.82, 2.24) is 9.78 Å². The minimum atomic E-state index is -0.292. The van der Waals surface area contributed by atoms with E-state index in [-0.39, 0.29) is 5.28 Å². The molecule has 3 nitrogen and oxygen atoms in total. The number of ether oxygens (including phenoxy) is 1. The summed E-state index contributed by atoms with van der Waals surface area (Å²) < 4.78 is 9.02. The highest BCUT2D eigenvalue weighted by molar-refractivity contribution is 14.1. The van der Waals surface area contributed by atoms with Gasteiger partial charge in [-0.05, 0) is 72.0 Å². The number of halogens is 1. The van der Waals surface area contributed by atoms with Crippen molar-refractivity contribution in [3.8, 4) is 5.75 Å². The van der Waals surface area contributed by atoms with Gasteiger partial charge in [-0.15, -0.1) is 9.24 Å². The number of hydrogen-bond acceptors (Lipinski definition) is 2. The Morgan fingerprint density at radius 1 is 1.25 bits per heavy atom. The van der Waals surface area contributed by atoms with Crippen LogP contribution in [0.1, 0.15) is 25.3 Å². The molecule has 24 heavy (non-hydrogen) atoms. The van der Waals surface area contributed by atoms with E-state index in [1.54, 1.807) is 0 Å². The summed E-state index contributed by atoms with van der Waals surface area (Å²) in [4.78, 5) is 0. The van der Waals surface area contributed by atoms with Crippen LogP contribution in [0.5, 0.6) is 5.75 Å². The molecule has 124 valence electrons. The van der Waals surface area contributed by atoms with Crippen LogP contribution in [-0.4, -0.2) is 16.4 Å². The summed E-state index contributed by atoms with van der Waals surface area (Å²) in [5.41, 5.74) is 2.34. The van der Waals surface area contributed by atoms with Crippen LogP contribution in [0.2, 0.25) is 0 Å². The molecule has 1 fully saturated rings. The largest absolute Gasteiger partial charge is 0.493 e. The van der Waals surface area contributed by atoms with Crippen molar-refractivity contribution in [1.29, 1.82) is 0 Å². The van der Waals surface area contributed by atoms with Gasteiger partial charge in [0.15, 0.2) is 0 Å². The minimum absolute atomic E-state index is 0.292. The Hall–Kier alpha value is -1.13. The first-order valence-electron chi connectivity index (χ1n) is 8.21. The van der Waals surface area contributed by atoms with Crippen LogP contribution in [-0.2, 0) is 5.28 Å². The first-order valence-corrected chi connectivity index (χ1v) is 9.87. The number of hydrogen-bond donors (Lipinski definition) is 0. The quantitative estimate of drug-likeness (QED) is 0.403. The second kappa shape index (κ2) is 6.30. The van der Waals surface area contributed by atoms with Gasteiger partial charge >= 0.3 is 0 Å². The van der Waals surface area contributed by atoms with Gasteiger partial charge in [-0.1, -0.05) is 30.3 Å². The third-order valence-electron chi connectivity index (χ3n) is 4.59. The molecule has 4 rings (SSSR count). The molecule has 1 aromatic heterocycles. The lowest BCUT2D eigenvalue weighted by Crippen LogP contribution is -2.25. The second-order valence-corrected chi connectivity index (χ2v) is 8.80. The van der Waals surface area contributed by atoms with Crippen LogP contribution < -0.4 is 4.74 Å². The first-order chi connectivity index (χ1) is 11.6. The average molecular weight is 450 g/mol. The number of benzene rings is 2. The fourth-order valence-electron chi connectivity index (χ4n) is 2.90. The van der Waals surface area contributed by atoms with Crippen LogP contribution in [0.25, 0.3) is 10.9 Å². The van der Waals surface area contributed by atoms with E-state index >= 15 is 0 Å². The molecule has 0 bridgehead atoms. The smallest absolute Gasteiger partial charge is 0.131 e. The fourth-order valence-corrected chi connectivity index (χ4v) is 3.94. The highest BCUT2D eigenvalue weighted by Crippen LogP contribution is 2.37. The van der Waals surface area contributed by atoms with Gasteiger partial charge in [0.2, 0.25) is 0 Å². The summed E-state index contributed by atoms with van der Waals surface area (Å²) in [7, 11) is 2.95. The van der Waals surface area contributed by atoms with Crippen molar-refractivity contribution in [3.63, 3.8) is 0 Å². The predicted octanol–water partition coefficient (Wildman–Crippen LogP) is 5.03. The highest BCUT2D eigenvalue weighted by Gasteiger charge is 2.27. The Labute approximate surface area is 158 Å². The zero-order chi connectivity index (χ0) is 16.7.